The SMILES string of the molecule is CCCCOc1ccc([C@@H]2/C(=C(\O)c3ccc4c(c3)OCCO4)C(=O)C(=O)N2CCCOC)cc1OCC. The van der Waals surface area contributed by atoms with Crippen molar-refractivity contribution in [1.29, 1.82) is 0 Å². The van der Waals surface area contributed by atoms with Gasteiger partial charge in [-0.2, -0.15) is 0 Å². The Morgan fingerprint density at radius 1 is 0.974 bits per heavy atom. The maximum absolute atomic E-state index is 13.3. The van der Waals surface area contributed by atoms with Crippen molar-refractivity contribution < 1.29 is 38.4 Å². The van der Waals surface area contributed by atoms with E-state index < -0.39 is 17.7 Å². The number of methoxy groups -OCH3 is 1. The normalized spacial score (nSPS) is 18.1. The highest BCUT2D eigenvalue weighted by Gasteiger charge is 2.46. The number of Topliss-reactive ketones (excluding diaryl/α,β-unsaturated/α-hetero) is 1. The quantitative estimate of drug-likeness (QED) is 0.187. The van der Waals surface area contributed by atoms with Gasteiger partial charge in [0.15, 0.2) is 23.0 Å². The van der Waals surface area contributed by atoms with Crippen molar-refractivity contribution in [1.82, 2.24) is 4.90 Å². The van der Waals surface area contributed by atoms with E-state index in [9.17, 15) is 14.7 Å². The molecule has 1 saturated heterocycles. The van der Waals surface area contributed by atoms with Crippen molar-refractivity contribution in [3.63, 3.8) is 0 Å². The summed E-state index contributed by atoms with van der Waals surface area (Å²) in [5, 5.41) is 11.4. The third-order valence-electron chi connectivity index (χ3n) is 6.44. The zero-order chi connectivity index (χ0) is 27.1. The van der Waals surface area contributed by atoms with E-state index in [1.54, 1.807) is 43.5 Å². The second kappa shape index (κ2) is 12.7. The second-order valence-electron chi connectivity index (χ2n) is 9.04. The Bertz CT molecular complexity index is 1190. The first kappa shape index (κ1) is 27.3. The van der Waals surface area contributed by atoms with E-state index in [-0.39, 0.29) is 17.9 Å². The second-order valence-corrected chi connectivity index (χ2v) is 9.04. The number of likely N-dealkylation sites (tertiary alicyclic amines) is 1. The lowest BCUT2D eigenvalue weighted by molar-refractivity contribution is -0.140. The molecule has 38 heavy (non-hydrogen) atoms. The number of rotatable bonds is 12. The molecular formula is C29H35NO8. The number of amides is 1. The molecule has 9 heteroatoms. The zero-order valence-electron chi connectivity index (χ0n) is 22.2. The van der Waals surface area contributed by atoms with Crippen LogP contribution >= 0.6 is 0 Å². The van der Waals surface area contributed by atoms with E-state index in [2.05, 4.69) is 6.92 Å². The van der Waals surface area contributed by atoms with Crippen LogP contribution in [0.25, 0.3) is 5.76 Å². The van der Waals surface area contributed by atoms with Gasteiger partial charge in [0.05, 0.1) is 24.8 Å². The Morgan fingerprint density at radius 2 is 1.76 bits per heavy atom. The molecule has 2 heterocycles. The lowest BCUT2D eigenvalue weighted by Crippen LogP contribution is -2.31. The average Bonchev–Trinajstić information content (AvgIpc) is 3.18. The fourth-order valence-electron chi connectivity index (χ4n) is 4.59. The van der Waals surface area contributed by atoms with Crippen LogP contribution in [0.2, 0.25) is 0 Å². The molecule has 2 aromatic carbocycles. The number of unbranched alkanes of at least 4 members (excludes halogenated alkanes) is 1. The minimum absolute atomic E-state index is 0.00574. The van der Waals surface area contributed by atoms with E-state index in [1.165, 1.54) is 4.90 Å². The minimum Gasteiger partial charge on any atom is -0.507 e. The van der Waals surface area contributed by atoms with Gasteiger partial charge in [0.2, 0.25) is 0 Å². The molecule has 204 valence electrons. The van der Waals surface area contributed by atoms with Gasteiger partial charge in [0, 0.05) is 25.8 Å². The van der Waals surface area contributed by atoms with E-state index in [0.717, 1.165) is 12.8 Å². The Hall–Kier alpha value is -3.72. The van der Waals surface area contributed by atoms with Gasteiger partial charge in [-0.05, 0) is 55.7 Å². The van der Waals surface area contributed by atoms with Crippen LogP contribution in [0.5, 0.6) is 23.0 Å². The van der Waals surface area contributed by atoms with E-state index >= 15 is 0 Å². The largest absolute Gasteiger partial charge is 0.507 e. The summed E-state index contributed by atoms with van der Waals surface area (Å²) >= 11 is 0. The van der Waals surface area contributed by atoms with E-state index in [1.807, 2.05) is 6.92 Å². The summed E-state index contributed by atoms with van der Waals surface area (Å²) in [6.07, 6.45) is 2.43. The number of ether oxygens (including phenoxy) is 5. The Kier molecular flexibility index (Phi) is 9.12. The first-order chi connectivity index (χ1) is 18.5. The fraction of sp³-hybridized carbons (Fsp3) is 0.448. The standard InChI is InChI=1S/C29H35NO8/c1-4-6-14-36-21-10-8-19(17-23(21)35-5-2)26-25(28(32)29(33)30(26)12-7-13-34-3)27(31)20-9-11-22-24(18-20)38-16-15-37-22/h8-11,17-18,26,31H,4-7,12-16H2,1-3H3/b27-25+/t26-/m1/s1. The van der Waals surface area contributed by atoms with Crippen molar-refractivity contribution in [3.05, 3.63) is 53.1 Å². The summed E-state index contributed by atoms with van der Waals surface area (Å²) in [6, 6.07) is 9.51. The number of nitrogens with zero attached hydrogens (tertiary/aromatic N) is 1. The number of benzene rings is 2. The monoisotopic (exact) mass is 525 g/mol. The summed E-state index contributed by atoms with van der Waals surface area (Å²) < 4.78 is 28.2. The summed E-state index contributed by atoms with van der Waals surface area (Å²) in [7, 11) is 1.58. The summed E-state index contributed by atoms with van der Waals surface area (Å²) in [5.41, 5.74) is 0.997. The van der Waals surface area contributed by atoms with Gasteiger partial charge in [-0.1, -0.05) is 19.4 Å². The molecular weight excluding hydrogens is 490 g/mol. The molecule has 1 fully saturated rings. The number of hydrogen-bond acceptors (Lipinski definition) is 8. The molecule has 1 atom stereocenters. The maximum Gasteiger partial charge on any atom is 0.295 e. The number of carbonyl (C=O) groups excluding carboxylic acids is 2. The summed E-state index contributed by atoms with van der Waals surface area (Å²) in [6.45, 7) is 6.45. The van der Waals surface area contributed by atoms with Gasteiger partial charge in [-0.25, -0.2) is 0 Å². The molecule has 0 unspecified atom stereocenters. The highest BCUT2D eigenvalue weighted by atomic mass is 16.6. The lowest BCUT2D eigenvalue weighted by Gasteiger charge is -2.26. The Morgan fingerprint density at radius 3 is 2.50 bits per heavy atom. The molecule has 2 aromatic rings. The van der Waals surface area contributed by atoms with Crippen LogP contribution in [0, 0.1) is 0 Å². The third kappa shape index (κ3) is 5.72. The molecule has 4 rings (SSSR count). The predicted molar refractivity (Wildman–Crippen MR) is 141 cm³/mol. The van der Waals surface area contributed by atoms with Gasteiger partial charge < -0.3 is 33.7 Å². The average molecular weight is 526 g/mol. The smallest absolute Gasteiger partial charge is 0.295 e. The molecule has 0 spiro atoms. The number of fused-ring (bicyclic) bond motifs is 1. The van der Waals surface area contributed by atoms with Crippen molar-refractivity contribution in [2.45, 2.75) is 39.2 Å². The van der Waals surface area contributed by atoms with Gasteiger partial charge >= 0.3 is 0 Å². The van der Waals surface area contributed by atoms with E-state index in [0.29, 0.717) is 73.6 Å². The lowest BCUT2D eigenvalue weighted by atomic mass is 9.94. The highest BCUT2D eigenvalue weighted by Crippen LogP contribution is 2.43. The number of ketones is 1. The van der Waals surface area contributed by atoms with Crippen LogP contribution in [0.15, 0.2) is 42.0 Å². The fourth-order valence-corrected chi connectivity index (χ4v) is 4.59. The number of aliphatic hydroxyl groups is 1. The van der Waals surface area contributed by atoms with Crippen LogP contribution in [0.3, 0.4) is 0 Å². The molecule has 0 radical (unpaired) electrons. The number of aliphatic hydroxyl groups excluding tert-OH is 1. The van der Waals surface area contributed by atoms with Crippen molar-refractivity contribution in [2.24, 2.45) is 0 Å². The zero-order valence-corrected chi connectivity index (χ0v) is 22.2. The van der Waals surface area contributed by atoms with Crippen LogP contribution in [-0.4, -0.2) is 68.4 Å². The Labute approximate surface area is 222 Å². The highest BCUT2D eigenvalue weighted by molar-refractivity contribution is 6.46. The molecule has 2 aliphatic rings. The molecule has 1 N–H and O–H groups in total. The van der Waals surface area contributed by atoms with Crippen molar-refractivity contribution in [3.8, 4) is 23.0 Å². The molecule has 2 aliphatic heterocycles. The third-order valence-corrected chi connectivity index (χ3v) is 6.44. The van der Waals surface area contributed by atoms with Crippen molar-refractivity contribution in [2.75, 3.05) is 46.7 Å². The minimum atomic E-state index is -0.816. The van der Waals surface area contributed by atoms with Crippen LogP contribution in [-0.2, 0) is 14.3 Å². The summed E-state index contributed by atoms with van der Waals surface area (Å²) in [5.74, 6) is 0.436. The molecule has 1 amide bonds. The molecule has 9 nitrogen and oxygen atoms in total. The Balaban J connectivity index is 1.79. The molecule has 0 saturated carbocycles. The van der Waals surface area contributed by atoms with E-state index in [4.69, 9.17) is 23.7 Å². The maximum atomic E-state index is 13.3. The topological polar surface area (TPSA) is 104 Å². The van der Waals surface area contributed by atoms with Crippen molar-refractivity contribution >= 4 is 17.4 Å². The number of hydrogen-bond donors (Lipinski definition) is 1. The number of carbonyl (C=O) groups is 2. The van der Waals surface area contributed by atoms with Crippen LogP contribution in [0.4, 0.5) is 0 Å². The van der Waals surface area contributed by atoms with Crippen LogP contribution < -0.4 is 18.9 Å². The van der Waals surface area contributed by atoms with Crippen LogP contribution in [0.1, 0.15) is 50.3 Å². The predicted octanol–water partition coefficient (Wildman–Crippen LogP) is 4.49. The van der Waals surface area contributed by atoms with Gasteiger partial charge in [-0.15, -0.1) is 0 Å². The molecule has 0 aromatic heterocycles. The van der Waals surface area contributed by atoms with Gasteiger partial charge in [-0.3, -0.25) is 9.59 Å². The first-order valence-corrected chi connectivity index (χ1v) is 13.1. The van der Waals surface area contributed by atoms with Gasteiger partial charge in [0.1, 0.15) is 19.0 Å². The van der Waals surface area contributed by atoms with Gasteiger partial charge in [0.25, 0.3) is 11.7 Å². The first-order valence-electron chi connectivity index (χ1n) is 13.1. The molecule has 0 bridgehead atoms. The molecule has 0 aliphatic carbocycles. The summed E-state index contributed by atoms with van der Waals surface area (Å²) in [4.78, 5) is 28.0.